The highest BCUT2D eigenvalue weighted by Gasteiger charge is 2.15. The molecule has 0 radical (unpaired) electrons. The predicted molar refractivity (Wildman–Crippen MR) is 180 cm³/mol. The Morgan fingerprint density at radius 2 is 0.773 bits per heavy atom. The van der Waals surface area contributed by atoms with Gasteiger partial charge in [-0.05, 0) is 66.4 Å². The SMILES string of the molecule is Cc1ccc(-c2nc(-c3ccc(C)cc3)nc(-c3cc(-c4ccccc4)cc(-c4ccc(-c5ccccn5)cc4)c3)n2)cc1. The summed E-state index contributed by atoms with van der Waals surface area (Å²) in [5, 5.41) is 0. The monoisotopic (exact) mass is 566 g/mol. The van der Waals surface area contributed by atoms with Crippen LogP contribution in [-0.4, -0.2) is 19.9 Å². The molecular formula is C40H30N4. The van der Waals surface area contributed by atoms with E-state index in [2.05, 4.69) is 134 Å². The van der Waals surface area contributed by atoms with Crippen LogP contribution in [-0.2, 0) is 0 Å². The van der Waals surface area contributed by atoms with Gasteiger partial charge < -0.3 is 0 Å². The van der Waals surface area contributed by atoms with Gasteiger partial charge in [-0.25, -0.2) is 15.0 Å². The molecule has 0 atom stereocenters. The van der Waals surface area contributed by atoms with Crippen molar-refractivity contribution in [3.05, 3.63) is 157 Å². The summed E-state index contributed by atoms with van der Waals surface area (Å²) in [5.41, 5.74) is 11.7. The predicted octanol–water partition coefficient (Wildman–Crippen LogP) is 9.89. The van der Waals surface area contributed by atoms with E-state index in [-0.39, 0.29) is 0 Å². The Bertz CT molecular complexity index is 1970. The average Bonchev–Trinajstić information content (AvgIpc) is 3.09. The highest BCUT2D eigenvalue weighted by Crippen LogP contribution is 2.34. The van der Waals surface area contributed by atoms with Crippen LogP contribution in [0.5, 0.6) is 0 Å². The second kappa shape index (κ2) is 11.9. The first kappa shape index (κ1) is 27.1. The first-order valence-corrected chi connectivity index (χ1v) is 14.7. The summed E-state index contributed by atoms with van der Waals surface area (Å²) in [5.74, 6) is 1.93. The summed E-state index contributed by atoms with van der Waals surface area (Å²) in [6.07, 6.45) is 1.82. The smallest absolute Gasteiger partial charge is 0.164 e. The fourth-order valence-electron chi connectivity index (χ4n) is 5.26. The third-order valence-corrected chi connectivity index (χ3v) is 7.73. The summed E-state index contributed by atoms with van der Waals surface area (Å²) < 4.78 is 0. The molecule has 2 aromatic heterocycles. The number of aryl methyl sites for hydroxylation is 2. The molecule has 0 unspecified atom stereocenters. The number of rotatable bonds is 6. The first-order chi connectivity index (χ1) is 21.6. The minimum absolute atomic E-state index is 0.635. The van der Waals surface area contributed by atoms with Crippen LogP contribution in [0.15, 0.2) is 146 Å². The van der Waals surface area contributed by atoms with Crippen molar-refractivity contribution >= 4 is 0 Å². The lowest BCUT2D eigenvalue weighted by molar-refractivity contribution is 1.07. The van der Waals surface area contributed by atoms with Gasteiger partial charge in [-0.3, -0.25) is 4.98 Å². The van der Waals surface area contributed by atoms with Crippen LogP contribution >= 0.6 is 0 Å². The molecule has 210 valence electrons. The molecule has 5 aromatic carbocycles. The van der Waals surface area contributed by atoms with E-state index in [1.165, 1.54) is 11.1 Å². The second-order valence-corrected chi connectivity index (χ2v) is 11.0. The van der Waals surface area contributed by atoms with Crippen molar-refractivity contribution in [1.29, 1.82) is 0 Å². The maximum Gasteiger partial charge on any atom is 0.164 e. The summed E-state index contributed by atoms with van der Waals surface area (Å²) >= 11 is 0. The van der Waals surface area contributed by atoms with Gasteiger partial charge in [-0.1, -0.05) is 120 Å². The van der Waals surface area contributed by atoms with Gasteiger partial charge in [0.05, 0.1) is 5.69 Å². The zero-order valence-electron chi connectivity index (χ0n) is 24.6. The molecule has 0 fully saturated rings. The molecular weight excluding hydrogens is 536 g/mol. The first-order valence-electron chi connectivity index (χ1n) is 14.7. The van der Waals surface area contributed by atoms with Crippen molar-refractivity contribution < 1.29 is 0 Å². The van der Waals surface area contributed by atoms with Crippen LogP contribution in [0.1, 0.15) is 11.1 Å². The van der Waals surface area contributed by atoms with Crippen LogP contribution in [0.2, 0.25) is 0 Å². The van der Waals surface area contributed by atoms with Gasteiger partial charge in [0, 0.05) is 28.5 Å². The molecule has 4 nitrogen and oxygen atoms in total. The maximum absolute atomic E-state index is 5.04. The molecule has 2 heterocycles. The minimum Gasteiger partial charge on any atom is -0.256 e. The van der Waals surface area contributed by atoms with E-state index in [9.17, 15) is 0 Å². The number of benzene rings is 5. The molecule has 7 aromatic rings. The third kappa shape index (κ3) is 5.79. The van der Waals surface area contributed by atoms with Crippen molar-refractivity contribution in [2.45, 2.75) is 13.8 Å². The van der Waals surface area contributed by atoms with E-state index in [0.29, 0.717) is 17.5 Å². The van der Waals surface area contributed by atoms with Gasteiger partial charge in [-0.15, -0.1) is 0 Å². The Kier molecular flexibility index (Phi) is 7.31. The fraction of sp³-hybridized carbons (Fsp3) is 0.0500. The van der Waals surface area contributed by atoms with Gasteiger partial charge in [0.15, 0.2) is 17.5 Å². The Balaban J connectivity index is 1.39. The highest BCUT2D eigenvalue weighted by molar-refractivity contribution is 5.81. The molecule has 0 amide bonds. The van der Waals surface area contributed by atoms with E-state index >= 15 is 0 Å². The van der Waals surface area contributed by atoms with Crippen molar-refractivity contribution in [2.75, 3.05) is 0 Å². The van der Waals surface area contributed by atoms with Crippen LogP contribution in [0.4, 0.5) is 0 Å². The topological polar surface area (TPSA) is 51.6 Å². The Labute approximate surface area is 257 Å². The van der Waals surface area contributed by atoms with E-state index in [1.807, 2.05) is 30.5 Å². The molecule has 0 aliphatic rings. The van der Waals surface area contributed by atoms with E-state index in [4.69, 9.17) is 15.0 Å². The molecule has 0 bridgehead atoms. The van der Waals surface area contributed by atoms with Gasteiger partial charge in [0.1, 0.15) is 0 Å². The molecule has 0 aliphatic carbocycles. The number of nitrogens with zero attached hydrogens (tertiary/aromatic N) is 4. The normalized spacial score (nSPS) is 11.0. The van der Waals surface area contributed by atoms with Crippen LogP contribution < -0.4 is 0 Å². The summed E-state index contributed by atoms with van der Waals surface area (Å²) in [4.78, 5) is 19.5. The molecule has 44 heavy (non-hydrogen) atoms. The largest absolute Gasteiger partial charge is 0.256 e. The fourth-order valence-corrected chi connectivity index (χ4v) is 5.26. The molecule has 7 rings (SSSR count). The van der Waals surface area contributed by atoms with Crippen LogP contribution in [0.3, 0.4) is 0 Å². The Morgan fingerprint density at radius 3 is 1.30 bits per heavy atom. The molecule has 0 saturated heterocycles. The van der Waals surface area contributed by atoms with Gasteiger partial charge in [0.2, 0.25) is 0 Å². The van der Waals surface area contributed by atoms with E-state index in [1.54, 1.807) is 0 Å². The lowest BCUT2D eigenvalue weighted by Gasteiger charge is -2.13. The zero-order valence-corrected chi connectivity index (χ0v) is 24.6. The number of hydrogen-bond acceptors (Lipinski definition) is 4. The third-order valence-electron chi connectivity index (χ3n) is 7.73. The quantitative estimate of drug-likeness (QED) is 0.201. The summed E-state index contributed by atoms with van der Waals surface area (Å²) in [6.45, 7) is 4.17. The molecule has 4 heteroatoms. The molecule has 0 spiro atoms. The van der Waals surface area contributed by atoms with Crippen LogP contribution in [0.25, 0.3) is 67.7 Å². The van der Waals surface area contributed by atoms with Crippen molar-refractivity contribution in [1.82, 2.24) is 19.9 Å². The van der Waals surface area contributed by atoms with Gasteiger partial charge >= 0.3 is 0 Å². The number of pyridine rings is 1. The standard InChI is InChI=1S/C40H30N4/c1-27-11-15-32(16-12-27)38-42-39(33-17-13-28(2)14-18-33)44-40(43-38)36-25-34(29-8-4-3-5-9-29)24-35(26-36)30-19-21-31(22-20-30)37-10-6-7-23-41-37/h3-26H,1-2H3. The van der Waals surface area contributed by atoms with Gasteiger partial charge in [-0.2, -0.15) is 0 Å². The van der Waals surface area contributed by atoms with Crippen molar-refractivity contribution in [3.8, 4) is 67.7 Å². The van der Waals surface area contributed by atoms with Crippen molar-refractivity contribution in [2.24, 2.45) is 0 Å². The Morgan fingerprint density at radius 1 is 0.341 bits per heavy atom. The molecule has 0 saturated carbocycles. The lowest BCUT2D eigenvalue weighted by atomic mass is 9.95. The highest BCUT2D eigenvalue weighted by atomic mass is 15.0. The van der Waals surface area contributed by atoms with Gasteiger partial charge in [0.25, 0.3) is 0 Å². The summed E-state index contributed by atoms with van der Waals surface area (Å²) in [7, 11) is 0. The molecule has 0 N–H and O–H groups in total. The number of hydrogen-bond donors (Lipinski definition) is 0. The van der Waals surface area contributed by atoms with E-state index in [0.717, 1.165) is 50.2 Å². The average molecular weight is 567 g/mol. The lowest BCUT2D eigenvalue weighted by Crippen LogP contribution is -2.00. The van der Waals surface area contributed by atoms with Crippen LogP contribution in [0, 0.1) is 13.8 Å². The number of aromatic nitrogens is 4. The minimum atomic E-state index is 0.635. The van der Waals surface area contributed by atoms with Crippen molar-refractivity contribution in [3.63, 3.8) is 0 Å². The zero-order chi connectivity index (χ0) is 29.9. The summed E-state index contributed by atoms with van der Waals surface area (Å²) in [6, 6.07) is 48.2. The van der Waals surface area contributed by atoms with E-state index < -0.39 is 0 Å². The maximum atomic E-state index is 5.04. The second-order valence-electron chi connectivity index (χ2n) is 11.0. The Hall–Kier alpha value is -5.74. The molecule has 0 aliphatic heterocycles.